The first-order chi connectivity index (χ1) is 13.6. The van der Waals surface area contributed by atoms with Crippen molar-refractivity contribution in [2.24, 2.45) is 0 Å². The number of piperidine rings is 1. The smallest absolute Gasteiger partial charge is 0.272 e. The molecule has 2 heterocycles. The quantitative estimate of drug-likeness (QED) is 0.705. The number of aromatic amines is 1. The molecule has 1 aliphatic rings. The number of nitrogens with zero attached hydrogens (tertiary/aromatic N) is 2. The van der Waals surface area contributed by atoms with Crippen LogP contribution in [0.5, 0.6) is 0 Å². The Kier molecular flexibility index (Phi) is 5.34. The fraction of sp³-hybridized carbons (Fsp3) is 0.333. The summed E-state index contributed by atoms with van der Waals surface area (Å²) in [5.41, 5.74) is 1.57. The summed E-state index contributed by atoms with van der Waals surface area (Å²) in [6, 6.07) is 9.11. The van der Waals surface area contributed by atoms with Gasteiger partial charge < -0.3 is 10.2 Å². The third kappa shape index (κ3) is 3.75. The minimum Gasteiger partial charge on any atom is -0.349 e. The zero-order valence-corrected chi connectivity index (χ0v) is 15.5. The number of nitrogens with one attached hydrogen (secondary N) is 2. The van der Waals surface area contributed by atoms with Gasteiger partial charge in [-0.2, -0.15) is 5.10 Å². The third-order valence-corrected chi connectivity index (χ3v) is 5.20. The summed E-state index contributed by atoms with van der Waals surface area (Å²) in [5, 5.41) is 10.4. The molecular weight excluding hydrogens is 362 g/mol. The van der Waals surface area contributed by atoms with E-state index in [0.29, 0.717) is 23.0 Å². The Morgan fingerprint density at radius 2 is 1.96 bits per heavy atom. The first-order valence-corrected chi connectivity index (χ1v) is 9.56. The van der Waals surface area contributed by atoms with Crippen LogP contribution in [0.1, 0.15) is 29.8 Å². The molecule has 0 bridgehead atoms. The van der Waals surface area contributed by atoms with Crippen molar-refractivity contribution in [3.05, 3.63) is 53.7 Å². The van der Waals surface area contributed by atoms with Gasteiger partial charge in [0.1, 0.15) is 0 Å². The summed E-state index contributed by atoms with van der Waals surface area (Å²) < 4.78 is 27.7. The average Bonchev–Trinajstić information content (AvgIpc) is 3.14. The monoisotopic (exact) mass is 384 g/mol. The van der Waals surface area contributed by atoms with Crippen molar-refractivity contribution in [2.45, 2.75) is 19.3 Å². The Balaban J connectivity index is 1.52. The lowest BCUT2D eigenvalue weighted by Gasteiger charge is -2.26. The van der Waals surface area contributed by atoms with Crippen molar-refractivity contribution in [3.63, 3.8) is 0 Å². The Morgan fingerprint density at radius 3 is 2.79 bits per heavy atom. The van der Waals surface area contributed by atoms with Gasteiger partial charge in [-0.15, -0.1) is 0 Å². The fourth-order valence-corrected chi connectivity index (χ4v) is 3.68. The van der Waals surface area contributed by atoms with Gasteiger partial charge in [-0.1, -0.05) is 24.6 Å². The number of fused-ring (bicyclic) bond motifs is 1. The minimum atomic E-state index is -0.905. The number of likely N-dealkylation sites (tertiary alicyclic amines) is 1. The maximum atomic E-state index is 14.1. The van der Waals surface area contributed by atoms with E-state index in [1.54, 1.807) is 18.2 Å². The van der Waals surface area contributed by atoms with E-state index in [9.17, 15) is 13.6 Å². The molecule has 2 N–H and O–H groups in total. The number of rotatable bonds is 5. The second-order valence-corrected chi connectivity index (χ2v) is 7.09. The van der Waals surface area contributed by atoms with Crippen LogP contribution in [-0.4, -0.2) is 47.2 Å². The molecule has 7 heteroatoms. The summed E-state index contributed by atoms with van der Waals surface area (Å²) in [4.78, 5) is 14.9. The molecule has 1 aromatic heterocycles. The second-order valence-electron chi connectivity index (χ2n) is 7.09. The van der Waals surface area contributed by atoms with Gasteiger partial charge in [0.25, 0.3) is 5.91 Å². The van der Waals surface area contributed by atoms with Gasteiger partial charge in [0.05, 0.1) is 5.52 Å². The fourth-order valence-electron chi connectivity index (χ4n) is 3.68. The van der Waals surface area contributed by atoms with Crippen LogP contribution < -0.4 is 5.32 Å². The molecular formula is C21H22F2N4O. The first-order valence-electron chi connectivity index (χ1n) is 9.56. The van der Waals surface area contributed by atoms with Crippen LogP contribution in [0.15, 0.2) is 36.4 Å². The SMILES string of the molecule is O=C(NCCN1CCCCC1)c1n[nH]c2ccc(-c3cccc(F)c3F)cc12. The van der Waals surface area contributed by atoms with Crippen molar-refractivity contribution in [1.82, 2.24) is 20.4 Å². The van der Waals surface area contributed by atoms with Crippen LogP contribution in [0.4, 0.5) is 8.78 Å². The standard InChI is InChI=1S/C21H22F2N4O/c22-17-6-4-5-15(19(17)23)14-7-8-18-16(13-14)20(26-25-18)21(28)24-9-12-27-10-2-1-3-11-27/h4-8,13H,1-3,9-12H2,(H,24,28)(H,25,26). The number of benzene rings is 2. The lowest BCUT2D eigenvalue weighted by molar-refractivity contribution is 0.0943. The Morgan fingerprint density at radius 1 is 1.14 bits per heavy atom. The van der Waals surface area contributed by atoms with Gasteiger partial charge in [0.2, 0.25) is 0 Å². The molecule has 1 amide bonds. The van der Waals surface area contributed by atoms with Crippen LogP contribution in [0.2, 0.25) is 0 Å². The summed E-state index contributed by atoms with van der Waals surface area (Å²) in [5.74, 6) is -2.08. The number of hydrogen-bond donors (Lipinski definition) is 2. The summed E-state index contributed by atoms with van der Waals surface area (Å²) in [6.45, 7) is 3.51. The highest BCUT2D eigenvalue weighted by Gasteiger charge is 2.17. The highest BCUT2D eigenvalue weighted by atomic mass is 19.2. The molecule has 1 saturated heterocycles. The predicted octanol–water partition coefficient (Wildman–Crippen LogP) is 3.72. The molecule has 5 nitrogen and oxygen atoms in total. The summed E-state index contributed by atoms with van der Waals surface area (Å²) in [6.07, 6.45) is 3.69. The Labute approximate surface area is 161 Å². The molecule has 0 aliphatic carbocycles. The number of halogens is 2. The molecule has 4 rings (SSSR count). The maximum absolute atomic E-state index is 14.1. The van der Waals surface area contributed by atoms with E-state index in [1.165, 1.54) is 31.4 Å². The van der Waals surface area contributed by atoms with Crippen LogP contribution in [0.25, 0.3) is 22.0 Å². The van der Waals surface area contributed by atoms with Gasteiger partial charge >= 0.3 is 0 Å². The van der Waals surface area contributed by atoms with E-state index in [2.05, 4.69) is 20.4 Å². The lowest BCUT2D eigenvalue weighted by atomic mass is 10.0. The van der Waals surface area contributed by atoms with E-state index < -0.39 is 11.6 Å². The van der Waals surface area contributed by atoms with Gasteiger partial charge in [-0.3, -0.25) is 9.89 Å². The predicted molar refractivity (Wildman–Crippen MR) is 104 cm³/mol. The number of carbonyl (C=O) groups excluding carboxylic acids is 1. The molecule has 0 atom stereocenters. The summed E-state index contributed by atoms with van der Waals surface area (Å²) >= 11 is 0. The number of carbonyl (C=O) groups is 1. The van der Waals surface area contributed by atoms with Crippen molar-refractivity contribution in [3.8, 4) is 11.1 Å². The van der Waals surface area contributed by atoms with Crippen molar-refractivity contribution < 1.29 is 13.6 Å². The van der Waals surface area contributed by atoms with Crippen LogP contribution in [-0.2, 0) is 0 Å². The molecule has 0 spiro atoms. The van der Waals surface area contributed by atoms with Gasteiger partial charge in [0, 0.05) is 24.0 Å². The largest absolute Gasteiger partial charge is 0.349 e. The van der Waals surface area contributed by atoms with Crippen molar-refractivity contribution >= 4 is 16.8 Å². The topological polar surface area (TPSA) is 61.0 Å². The van der Waals surface area contributed by atoms with E-state index in [4.69, 9.17) is 0 Å². The second kappa shape index (κ2) is 8.06. The molecule has 0 saturated carbocycles. The van der Waals surface area contributed by atoms with Crippen LogP contribution in [0.3, 0.4) is 0 Å². The third-order valence-electron chi connectivity index (χ3n) is 5.20. The van der Waals surface area contributed by atoms with E-state index >= 15 is 0 Å². The highest BCUT2D eigenvalue weighted by molar-refractivity contribution is 6.05. The molecule has 0 unspecified atom stereocenters. The molecule has 1 fully saturated rings. The number of aromatic nitrogens is 2. The van der Waals surface area contributed by atoms with E-state index in [0.717, 1.165) is 25.7 Å². The van der Waals surface area contributed by atoms with Gasteiger partial charge in [-0.25, -0.2) is 8.78 Å². The van der Waals surface area contributed by atoms with Crippen molar-refractivity contribution in [1.29, 1.82) is 0 Å². The molecule has 3 aromatic rings. The number of H-pyrrole nitrogens is 1. The van der Waals surface area contributed by atoms with E-state index in [1.807, 2.05) is 0 Å². The highest BCUT2D eigenvalue weighted by Crippen LogP contribution is 2.28. The molecule has 0 radical (unpaired) electrons. The lowest BCUT2D eigenvalue weighted by Crippen LogP contribution is -2.37. The zero-order chi connectivity index (χ0) is 19.5. The number of amides is 1. The van der Waals surface area contributed by atoms with E-state index in [-0.39, 0.29) is 17.2 Å². The maximum Gasteiger partial charge on any atom is 0.272 e. The molecule has 2 aromatic carbocycles. The van der Waals surface area contributed by atoms with Gasteiger partial charge in [0.15, 0.2) is 17.3 Å². The average molecular weight is 384 g/mol. The first kappa shape index (κ1) is 18.6. The summed E-state index contributed by atoms with van der Waals surface area (Å²) in [7, 11) is 0. The minimum absolute atomic E-state index is 0.152. The molecule has 28 heavy (non-hydrogen) atoms. The molecule has 146 valence electrons. The van der Waals surface area contributed by atoms with Crippen LogP contribution in [0, 0.1) is 11.6 Å². The Bertz CT molecular complexity index is 995. The Hall–Kier alpha value is -2.80. The number of hydrogen-bond acceptors (Lipinski definition) is 3. The molecule has 1 aliphatic heterocycles. The zero-order valence-electron chi connectivity index (χ0n) is 15.5. The van der Waals surface area contributed by atoms with Gasteiger partial charge in [-0.05, 0) is 49.7 Å². The van der Waals surface area contributed by atoms with Crippen molar-refractivity contribution in [2.75, 3.05) is 26.2 Å². The normalized spacial score (nSPS) is 15.1. The van der Waals surface area contributed by atoms with Crippen LogP contribution >= 0.6 is 0 Å².